The van der Waals surface area contributed by atoms with Crippen molar-refractivity contribution < 1.29 is 19.4 Å². The lowest BCUT2D eigenvalue weighted by Crippen LogP contribution is -2.58. The second-order valence-electron chi connectivity index (χ2n) is 4.06. The first-order valence-electron chi connectivity index (χ1n) is 4.94. The summed E-state index contributed by atoms with van der Waals surface area (Å²) in [6.45, 7) is 4.02. The van der Waals surface area contributed by atoms with Gasteiger partial charge in [0.15, 0.2) is 6.29 Å². The number of rotatable bonds is 2. The van der Waals surface area contributed by atoms with Crippen molar-refractivity contribution >= 4 is 11.9 Å². The first-order chi connectivity index (χ1) is 7.02. The fourth-order valence-electron chi connectivity index (χ4n) is 1.74. The zero-order valence-corrected chi connectivity index (χ0v) is 8.71. The number of imide groups is 1. The van der Waals surface area contributed by atoms with Crippen LogP contribution in [-0.4, -0.2) is 58.4 Å². The smallest absolute Gasteiger partial charge is 0.327 e. The van der Waals surface area contributed by atoms with Gasteiger partial charge in [0.25, 0.3) is 5.91 Å². The molecule has 0 aromatic heterocycles. The SMILES string of the molecule is CC(C)N1CC(=O)N(C2COC2O)C1=O. The average Bonchev–Trinajstić information content (AvgIpc) is 2.43. The number of ether oxygens (including phenoxy) is 1. The Morgan fingerprint density at radius 1 is 1.47 bits per heavy atom. The van der Waals surface area contributed by atoms with Crippen molar-refractivity contribution in [1.82, 2.24) is 9.80 Å². The van der Waals surface area contributed by atoms with Gasteiger partial charge in [-0.15, -0.1) is 0 Å². The minimum atomic E-state index is -1.02. The normalized spacial score (nSPS) is 31.5. The van der Waals surface area contributed by atoms with Gasteiger partial charge in [-0.2, -0.15) is 0 Å². The maximum absolute atomic E-state index is 11.8. The Hall–Kier alpha value is -1.14. The lowest BCUT2D eigenvalue weighted by atomic mass is 10.2. The highest BCUT2D eigenvalue weighted by Gasteiger charge is 2.47. The van der Waals surface area contributed by atoms with Crippen LogP contribution in [0.4, 0.5) is 4.79 Å². The van der Waals surface area contributed by atoms with Gasteiger partial charge in [0.05, 0.1) is 6.61 Å². The van der Waals surface area contributed by atoms with E-state index in [9.17, 15) is 14.7 Å². The third-order valence-corrected chi connectivity index (χ3v) is 2.75. The predicted molar refractivity (Wildman–Crippen MR) is 49.8 cm³/mol. The second-order valence-corrected chi connectivity index (χ2v) is 4.06. The van der Waals surface area contributed by atoms with Crippen molar-refractivity contribution in [2.75, 3.05) is 13.2 Å². The van der Waals surface area contributed by atoms with Gasteiger partial charge in [-0.25, -0.2) is 4.79 Å². The molecule has 0 aromatic rings. The number of urea groups is 1. The number of carbonyl (C=O) groups is 2. The molecule has 0 spiro atoms. The molecule has 15 heavy (non-hydrogen) atoms. The molecule has 84 valence electrons. The molecular weight excluding hydrogens is 200 g/mol. The van der Waals surface area contributed by atoms with E-state index < -0.39 is 12.3 Å². The van der Waals surface area contributed by atoms with E-state index in [0.29, 0.717) is 0 Å². The monoisotopic (exact) mass is 214 g/mol. The molecule has 2 aliphatic heterocycles. The Morgan fingerprint density at radius 3 is 2.47 bits per heavy atom. The number of nitrogens with zero attached hydrogens (tertiary/aromatic N) is 2. The zero-order valence-electron chi connectivity index (χ0n) is 8.71. The number of aliphatic hydroxyl groups is 1. The van der Waals surface area contributed by atoms with E-state index in [4.69, 9.17) is 4.74 Å². The summed E-state index contributed by atoms with van der Waals surface area (Å²) < 4.78 is 4.74. The van der Waals surface area contributed by atoms with E-state index in [2.05, 4.69) is 0 Å². The molecule has 2 heterocycles. The van der Waals surface area contributed by atoms with Crippen molar-refractivity contribution in [1.29, 1.82) is 0 Å². The third kappa shape index (κ3) is 1.49. The van der Waals surface area contributed by atoms with Crippen molar-refractivity contribution in [3.8, 4) is 0 Å². The van der Waals surface area contributed by atoms with Crippen LogP contribution in [0.3, 0.4) is 0 Å². The minimum absolute atomic E-state index is 0.00964. The van der Waals surface area contributed by atoms with Gasteiger partial charge in [-0.05, 0) is 13.8 Å². The van der Waals surface area contributed by atoms with Crippen LogP contribution in [0.25, 0.3) is 0 Å². The average molecular weight is 214 g/mol. The molecule has 0 saturated carbocycles. The Morgan fingerprint density at radius 2 is 2.13 bits per heavy atom. The van der Waals surface area contributed by atoms with Gasteiger partial charge >= 0.3 is 6.03 Å². The maximum atomic E-state index is 11.8. The van der Waals surface area contributed by atoms with E-state index in [1.807, 2.05) is 13.8 Å². The molecule has 6 heteroatoms. The second kappa shape index (κ2) is 3.46. The van der Waals surface area contributed by atoms with Gasteiger partial charge in [0.1, 0.15) is 12.6 Å². The number of amides is 3. The molecule has 0 aliphatic carbocycles. The van der Waals surface area contributed by atoms with Crippen LogP contribution in [0.2, 0.25) is 0 Å². The Kier molecular flexibility index (Phi) is 2.40. The molecule has 2 unspecified atom stereocenters. The molecule has 3 amide bonds. The van der Waals surface area contributed by atoms with Crippen LogP contribution in [0.15, 0.2) is 0 Å². The largest absolute Gasteiger partial charge is 0.366 e. The lowest BCUT2D eigenvalue weighted by Gasteiger charge is -2.37. The first-order valence-corrected chi connectivity index (χ1v) is 4.94. The summed E-state index contributed by atoms with van der Waals surface area (Å²) in [4.78, 5) is 26.0. The van der Waals surface area contributed by atoms with E-state index >= 15 is 0 Å². The molecule has 6 nitrogen and oxygen atoms in total. The molecule has 2 rings (SSSR count). The molecule has 2 aliphatic rings. The predicted octanol–water partition coefficient (Wildman–Crippen LogP) is -0.624. The van der Waals surface area contributed by atoms with Crippen molar-refractivity contribution in [2.24, 2.45) is 0 Å². The van der Waals surface area contributed by atoms with E-state index in [-0.39, 0.29) is 31.1 Å². The van der Waals surface area contributed by atoms with E-state index in [1.54, 1.807) is 0 Å². The Bertz CT molecular complexity index is 304. The summed E-state index contributed by atoms with van der Waals surface area (Å²) >= 11 is 0. The topological polar surface area (TPSA) is 70.1 Å². The Balaban J connectivity index is 2.13. The summed E-state index contributed by atoms with van der Waals surface area (Å²) in [6, 6.07) is -0.847. The molecule has 2 atom stereocenters. The molecular formula is C9H14N2O4. The third-order valence-electron chi connectivity index (χ3n) is 2.75. The van der Waals surface area contributed by atoms with Crippen LogP contribution in [-0.2, 0) is 9.53 Å². The summed E-state index contributed by atoms with van der Waals surface area (Å²) in [7, 11) is 0. The zero-order chi connectivity index (χ0) is 11.2. The number of hydrogen-bond donors (Lipinski definition) is 1. The van der Waals surface area contributed by atoms with Crippen LogP contribution in [0.1, 0.15) is 13.8 Å². The lowest BCUT2D eigenvalue weighted by molar-refractivity contribution is -0.228. The standard InChI is InChI=1S/C9H14N2O4/c1-5(2)10-3-7(12)11(9(10)14)6-4-15-8(6)13/h5-6,8,13H,3-4H2,1-2H3. The summed E-state index contributed by atoms with van der Waals surface area (Å²) in [5.74, 6) is -0.263. The van der Waals surface area contributed by atoms with Gasteiger partial charge in [-0.3, -0.25) is 9.69 Å². The molecule has 1 N–H and O–H groups in total. The summed E-state index contributed by atoms with van der Waals surface area (Å²) in [5.41, 5.74) is 0. The quantitative estimate of drug-likeness (QED) is 0.622. The first kappa shape index (κ1) is 10.4. The van der Waals surface area contributed by atoms with Crippen molar-refractivity contribution in [3.63, 3.8) is 0 Å². The highest BCUT2D eigenvalue weighted by atomic mass is 16.6. The molecule has 0 bridgehead atoms. The van der Waals surface area contributed by atoms with E-state index in [1.165, 1.54) is 4.90 Å². The molecule has 0 aromatic carbocycles. The van der Waals surface area contributed by atoms with Crippen molar-refractivity contribution in [2.45, 2.75) is 32.2 Å². The fourth-order valence-corrected chi connectivity index (χ4v) is 1.74. The van der Waals surface area contributed by atoms with Gasteiger partial charge in [0.2, 0.25) is 0 Å². The molecule has 0 radical (unpaired) electrons. The molecule has 2 saturated heterocycles. The number of hydrogen-bond acceptors (Lipinski definition) is 4. The fraction of sp³-hybridized carbons (Fsp3) is 0.778. The summed E-state index contributed by atoms with van der Waals surface area (Å²) in [6.07, 6.45) is -1.02. The van der Waals surface area contributed by atoms with Gasteiger partial charge < -0.3 is 14.7 Å². The van der Waals surface area contributed by atoms with Crippen LogP contribution in [0, 0.1) is 0 Å². The molecule has 2 fully saturated rings. The van der Waals surface area contributed by atoms with Gasteiger partial charge in [-0.1, -0.05) is 0 Å². The summed E-state index contributed by atoms with van der Waals surface area (Å²) in [5, 5.41) is 9.24. The van der Waals surface area contributed by atoms with Crippen LogP contribution < -0.4 is 0 Å². The highest BCUT2D eigenvalue weighted by molar-refractivity contribution is 6.02. The van der Waals surface area contributed by atoms with Crippen LogP contribution in [0.5, 0.6) is 0 Å². The van der Waals surface area contributed by atoms with E-state index in [0.717, 1.165) is 4.90 Å². The Labute approximate surface area is 87.4 Å². The van der Waals surface area contributed by atoms with Crippen LogP contribution >= 0.6 is 0 Å². The maximum Gasteiger partial charge on any atom is 0.327 e. The van der Waals surface area contributed by atoms with Crippen molar-refractivity contribution in [3.05, 3.63) is 0 Å². The number of aliphatic hydroxyl groups excluding tert-OH is 1. The number of carbonyl (C=O) groups excluding carboxylic acids is 2. The highest BCUT2D eigenvalue weighted by Crippen LogP contribution is 2.23. The van der Waals surface area contributed by atoms with Gasteiger partial charge in [0, 0.05) is 6.04 Å². The minimum Gasteiger partial charge on any atom is -0.366 e.